The van der Waals surface area contributed by atoms with E-state index in [1.165, 1.54) is 0 Å². The van der Waals surface area contributed by atoms with Gasteiger partial charge in [-0.25, -0.2) is 0 Å². The van der Waals surface area contributed by atoms with Gasteiger partial charge in [0.25, 0.3) is 5.91 Å². The lowest BCUT2D eigenvalue weighted by Gasteiger charge is -2.10. The molecule has 0 aliphatic rings. The van der Waals surface area contributed by atoms with Crippen LogP contribution in [0, 0.1) is 0 Å². The fraction of sp³-hybridized carbons (Fsp3) is 0.375. The average molecular weight is 167 g/mol. The third kappa shape index (κ3) is 2.75. The summed E-state index contributed by atoms with van der Waals surface area (Å²) in [7, 11) is 3.71. The van der Waals surface area contributed by atoms with Crippen LogP contribution in [0.25, 0.3) is 0 Å². The third-order valence-corrected chi connectivity index (χ3v) is 1.32. The number of carbonyl (C=O) groups is 1. The minimum atomic E-state index is -0.0174. The van der Waals surface area contributed by atoms with Crippen molar-refractivity contribution in [3.05, 3.63) is 24.5 Å². The Bertz CT molecular complexity index is 241. The van der Waals surface area contributed by atoms with Gasteiger partial charge in [-0.05, 0) is 26.2 Å². The first-order valence-corrected chi connectivity index (χ1v) is 3.76. The van der Waals surface area contributed by atoms with Crippen molar-refractivity contribution in [2.45, 2.75) is 0 Å². The Morgan fingerprint density at radius 1 is 1.42 bits per heavy atom. The SMILES string of the molecule is CN(C)CC(=O)Nn1cccc1. The molecule has 0 atom stereocenters. The van der Waals surface area contributed by atoms with Crippen molar-refractivity contribution in [2.75, 3.05) is 26.1 Å². The van der Waals surface area contributed by atoms with Crippen LogP contribution in [0.1, 0.15) is 0 Å². The summed E-state index contributed by atoms with van der Waals surface area (Å²) in [5.74, 6) is -0.0174. The summed E-state index contributed by atoms with van der Waals surface area (Å²) >= 11 is 0. The number of amides is 1. The molecule has 4 heteroatoms. The summed E-state index contributed by atoms with van der Waals surface area (Å²) in [5, 5.41) is 0. The van der Waals surface area contributed by atoms with Crippen LogP contribution >= 0.6 is 0 Å². The monoisotopic (exact) mass is 167 g/mol. The van der Waals surface area contributed by atoms with Crippen molar-refractivity contribution in [2.24, 2.45) is 0 Å². The first-order valence-electron chi connectivity index (χ1n) is 3.76. The minimum absolute atomic E-state index is 0.0174. The molecular weight excluding hydrogens is 154 g/mol. The zero-order valence-electron chi connectivity index (χ0n) is 7.32. The van der Waals surface area contributed by atoms with Gasteiger partial charge in [0.1, 0.15) is 0 Å². The normalized spacial score (nSPS) is 10.2. The largest absolute Gasteiger partial charge is 0.301 e. The molecule has 0 unspecified atom stereocenters. The smallest absolute Gasteiger partial charge is 0.252 e. The van der Waals surface area contributed by atoms with Crippen molar-refractivity contribution in [3.8, 4) is 0 Å². The number of likely N-dealkylation sites (N-methyl/N-ethyl adjacent to an activating group) is 1. The standard InChI is InChI=1S/C8H13N3O/c1-10(2)7-8(12)9-11-5-3-4-6-11/h3-6H,7H2,1-2H3,(H,9,12). The maximum atomic E-state index is 11.1. The highest BCUT2D eigenvalue weighted by atomic mass is 16.2. The van der Waals surface area contributed by atoms with Crippen LogP contribution in [-0.2, 0) is 4.79 Å². The lowest BCUT2D eigenvalue weighted by atomic mass is 10.6. The fourth-order valence-electron chi connectivity index (χ4n) is 0.876. The van der Waals surface area contributed by atoms with Gasteiger partial charge < -0.3 is 4.90 Å². The van der Waals surface area contributed by atoms with Crippen LogP contribution < -0.4 is 5.43 Å². The molecule has 4 nitrogen and oxygen atoms in total. The van der Waals surface area contributed by atoms with Gasteiger partial charge in [-0.1, -0.05) is 0 Å². The second-order valence-electron chi connectivity index (χ2n) is 2.86. The number of nitrogens with zero attached hydrogens (tertiary/aromatic N) is 2. The predicted octanol–water partition coefficient (Wildman–Crippen LogP) is 0.120. The summed E-state index contributed by atoms with van der Waals surface area (Å²) in [6.45, 7) is 0.401. The van der Waals surface area contributed by atoms with E-state index >= 15 is 0 Å². The molecule has 1 heterocycles. The van der Waals surface area contributed by atoms with Crippen LogP contribution in [0.5, 0.6) is 0 Å². The first-order chi connectivity index (χ1) is 5.68. The number of rotatable bonds is 3. The predicted molar refractivity (Wildman–Crippen MR) is 47.4 cm³/mol. The summed E-state index contributed by atoms with van der Waals surface area (Å²) < 4.78 is 1.63. The van der Waals surface area contributed by atoms with Crippen LogP contribution in [0.2, 0.25) is 0 Å². The van der Waals surface area contributed by atoms with Gasteiger partial charge in [0.05, 0.1) is 6.54 Å². The van der Waals surface area contributed by atoms with Gasteiger partial charge in [0.15, 0.2) is 0 Å². The summed E-state index contributed by atoms with van der Waals surface area (Å²) in [5.41, 5.74) is 2.69. The highest BCUT2D eigenvalue weighted by molar-refractivity contribution is 5.85. The average Bonchev–Trinajstić information content (AvgIpc) is 2.37. The molecular formula is C8H13N3O. The molecule has 0 radical (unpaired) electrons. The highest BCUT2D eigenvalue weighted by Gasteiger charge is 2.01. The van der Waals surface area contributed by atoms with Gasteiger partial charge in [0.2, 0.25) is 0 Å². The first kappa shape index (κ1) is 8.80. The fourth-order valence-corrected chi connectivity index (χ4v) is 0.876. The zero-order valence-corrected chi connectivity index (χ0v) is 7.32. The number of hydrogen-bond donors (Lipinski definition) is 1. The van der Waals surface area contributed by atoms with Crippen molar-refractivity contribution < 1.29 is 4.79 Å². The topological polar surface area (TPSA) is 37.3 Å². The lowest BCUT2D eigenvalue weighted by molar-refractivity contribution is -0.117. The molecule has 0 fully saturated rings. The Kier molecular flexibility index (Phi) is 2.88. The number of hydrogen-bond acceptors (Lipinski definition) is 2. The molecule has 0 saturated heterocycles. The molecule has 1 aromatic heterocycles. The van der Waals surface area contributed by atoms with Crippen molar-refractivity contribution in [3.63, 3.8) is 0 Å². The quantitative estimate of drug-likeness (QED) is 0.694. The molecule has 0 aliphatic heterocycles. The van der Waals surface area contributed by atoms with Crippen molar-refractivity contribution in [1.82, 2.24) is 9.58 Å². The molecule has 1 rings (SSSR count). The summed E-state index contributed by atoms with van der Waals surface area (Å²) in [6.07, 6.45) is 3.57. The molecule has 0 spiro atoms. The third-order valence-electron chi connectivity index (χ3n) is 1.32. The van der Waals surface area contributed by atoms with Crippen molar-refractivity contribution >= 4 is 5.91 Å². The van der Waals surface area contributed by atoms with Gasteiger partial charge in [0, 0.05) is 12.4 Å². The van der Waals surface area contributed by atoms with Gasteiger partial charge in [-0.2, -0.15) is 0 Å². The van der Waals surface area contributed by atoms with Gasteiger partial charge >= 0.3 is 0 Å². The molecule has 1 amide bonds. The molecule has 66 valence electrons. The van der Waals surface area contributed by atoms with Crippen LogP contribution in [0.3, 0.4) is 0 Å². The number of carbonyl (C=O) groups excluding carboxylic acids is 1. The molecule has 0 aliphatic carbocycles. The highest BCUT2D eigenvalue weighted by Crippen LogP contribution is 1.85. The van der Waals surface area contributed by atoms with E-state index in [0.717, 1.165) is 0 Å². The Labute approximate surface area is 71.8 Å². The second kappa shape index (κ2) is 3.92. The molecule has 12 heavy (non-hydrogen) atoms. The van der Waals surface area contributed by atoms with Crippen molar-refractivity contribution in [1.29, 1.82) is 0 Å². The second-order valence-corrected chi connectivity index (χ2v) is 2.86. The molecule has 0 saturated carbocycles. The molecule has 0 bridgehead atoms. The van der Waals surface area contributed by atoms with E-state index in [-0.39, 0.29) is 5.91 Å². The van der Waals surface area contributed by atoms with E-state index in [1.54, 1.807) is 17.1 Å². The van der Waals surface area contributed by atoms with Crippen LogP contribution in [0.4, 0.5) is 0 Å². The van der Waals surface area contributed by atoms with E-state index in [4.69, 9.17) is 0 Å². The minimum Gasteiger partial charge on any atom is -0.301 e. The summed E-state index contributed by atoms with van der Waals surface area (Å²) in [4.78, 5) is 13.0. The maximum Gasteiger partial charge on any atom is 0.252 e. The Morgan fingerprint density at radius 3 is 2.50 bits per heavy atom. The van der Waals surface area contributed by atoms with Gasteiger partial charge in [-0.15, -0.1) is 0 Å². The van der Waals surface area contributed by atoms with Crippen LogP contribution in [-0.4, -0.2) is 36.1 Å². The van der Waals surface area contributed by atoms with E-state index < -0.39 is 0 Å². The van der Waals surface area contributed by atoms with Gasteiger partial charge in [-0.3, -0.25) is 14.9 Å². The summed E-state index contributed by atoms with van der Waals surface area (Å²) in [6, 6.07) is 3.71. The van der Waals surface area contributed by atoms with Crippen LogP contribution in [0.15, 0.2) is 24.5 Å². The molecule has 1 N–H and O–H groups in total. The molecule has 1 aromatic rings. The van der Waals surface area contributed by atoms with E-state index in [1.807, 2.05) is 31.1 Å². The maximum absolute atomic E-state index is 11.1. The molecule has 0 aromatic carbocycles. The van der Waals surface area contributed by atoms with E-state index in [9.17, 15) is 4.79 Å². The van der Waals surface area contributed by atoms with E-state index in [2.05, 4.69) is 5.43 Å². The Balaban J connectivity index is 2.37. The Morgan fingerprint density at radius 2 is 2.00 bits per heavy atom. The Hall–Kier alpha value is -1.29. The number of nitrogens with one attached hydrogen (secondary N) is 1. The lowest BCUT2D eigenvalue weighted by Crippen LogP contribution is -2.31. The zero-order chi connectivity index (χ0) is 8.97. The number of aromatic nitrogens is 1. The van der Waals surface area contributed by atoms with E-state index in [0.29, 0.717) is 6.54 Å².